The highest BCUT2D eigenvalue weighted by atomic mass is 32.1. The van der Waals surface area contributed by atoms with E-state index in [-0.39, 0.29) is 5.11 Å². The lowest BCUT2D eigenvalue weighted by Gasteiger charge is -2.19. The van der Waals surface area contributed by atoms with E-state index < -0.39 is 0 Å². The van der Waals surface area contributed by atoms with Crippen LogP contribution in [0.5, 0.6) is 0 Å². The van der Waals surface area contributed by atoms with Crippen LogP contribution in [0.3, 0.4) is 0 Å². The van der Waals surface area contributed by atoms with Crippen molar-refractivity contribution in [2.45, 2.75) is 13.3 Å². The van der Waals surface area contributed by atoms with Gasteiger partial charge in [0.2, 0.25) is 0 Å². The Kier molecular flexibility index (Phi) is 3.22. The van der Waals surface area contributed by atoms with E-state index in [0.29, 0.717) is 0 Å². The summed E-state index contributed by atoms with van der Waals surface area (Å²) in [7, 11) is 0. The average Bonchev–Trinajstić information content (AvgIpc) is 2.16. The number of hydrazine groups is 1. The zero-order chi connectivity index (χ0) is 9.84. The van der Waals surface area contributed by atoms with Gasteiger partial charge in [-0.1, -0.05) is 25.1 Å². The van der Waals surface area contributed by atoms with E-state index >= 15 is 0 Å². The molecule has 0 saturated heterocycles. The summed E-state index contributed by atoms with van der Waals surface area (Å²) in [6.07, 6.45) is 0.909. The van der Waals surface area contributed by atoms with Gasteiger partial charge in [-0.2, -0.15) is 0 Å². The minimum Gasteiger partial charge on any atom is -0.375 e. The summed E-state index contributed by atoms with van der Waals surface area (Å²) in [6.45, 7) is 2.06. The molecule has 0 heterocycles. The van der Waals surface area contributed by atoms with Crippen molar-refractivity contribution in [3.05, 3.63) is 29.8 Å². The van der Waals surface area contributed by atoms with E-state index in [2.05, 4.69) is 6.92 Å². The number of nitrogens with zero attached hydrogens (tertiary/aromatic N) is 1. The summed E-state index contributed by atoms with van der Waals surface area (Å²) in [5.41, 5.74) is 7.43. The second-order valence-electron chi connectivity index (χ2n) is 2.69. The number of anilines is 1. The SMILES string of the molecule is CCc1ccccc1N(N)C(N)=S. The van der Waals surface area contributed by atoms with Gasteiger partial charge < -0.3 is 5.73 Å². The van der Waals surface area contributed by atoms with Gasteiger partial charge in [0.05, 0.1) is 5.69 Å². The molecule has 1 aromatic rings. The molecule has 0 fully saturated rings. The molecule has 0 amide bonds. The molecule has 0 aliphatic rings. The van der Waals surface area contributed by atoms with Gasteiger partial charge in [-0.05, 0) is 30.3 Å². The molecule has 70 valence electrons. The molecular weight excluding hydrogens is 182 g/mol. The molecule has 1 aromatic carbocycles. The third kappa shape index (κ3) is 2.17. The van der Waals surface area contributed by atoms with Crippen LogP contribution in [0.1, 0.15) is 12.5 Å². The second-order valence-corrected chi connectivity index (χ2v) is 3.11. The molecule has 3 nitrogen and oxygen atoms in total. The van der Waals surface area contributed by atoms with Crippen LogP contribution in [0.25, 0.3) is 0 Å². The first-order valence-electron chi connectivity index (χ1n) is 4.09. The molecular formula is C9H13N3S. The van der Waals surface area contributed by atoms with E-state index in [1.165, 1.54) is 5.01 Å². The number of hydrogen-bond acceptors (Lipinski definition) is 2. The van der Waals surface area contributed by atoms with Gasteiger partial charge in [0.1, 0.15) is 0 Å². The quantitative estimate of drug-likeness (QED) is 0.422. The number of para-hydroxylation sites is 1. The predicted molar refractivity (Wildman–Crippen MR) is 59.3 cm³/mol. The van der Waals surface area contributed by atoms with Crippen LogP contribution < -0.4 is 16.6 Å². The van der Waals surface area contributed by atoms with Crippen molar-refractivity contribution in [1.82, 2.24) is 0 Å². The molecule has 1 rings (SSSR count). The minimum atomic E-state index is 0.181. The summed E-state index contributed by atoms with van der Waals surface area (Å²) >= 11 is 4.79. The second kappa shape index (κ2) is 4.20. The number of benzene rings is 1. The first-order valence-corrected chi connectivity index (χ1v) is 4.49. The van der Waals surface area contributed by atoms with E-state index in [4.69, 9.17) is 23.8 Å². The number of thiocarbonyl (C=S) groups is 1. The summed E-state index contributed by atoms with van der Waals surface area (Å²) in [5, 5.41) is 1.51. The summed E-state index contributed by atoms with van der Waals surface area (Å²) in [6, 6.07) is 7.79. The molecule has 0 bridgehead atoms. The van der Waals surface area contributed by atoms with Gasteiger partial charge in [0, 0.05) is 0 Å². The van der Waals surface area contributed by atoms with Crippen LogP contribution in [0.2, 0.25) is 0 Å². The van der Waals surface area contributed by atoms with Crippen molar-refractivity contribution < 1.29 is 0 Å². The molecule has 0 atom stereocenters. The standard InChI is InChI=1S/C9H13N3S/c1-2-7-5-3-4-6-8(7)12(11)9(10)13/h3-6H,2,11H2,1H3,(H2,10,13). The maximum Gasteiger partial charge on any atom is 0.185 e. The number of hydrogen-bond donors (Lipinski definition) is 2. The fourth-order valence-corrected chi connectivity index (χ4v) is 1.26. The minimum absolute atomic E-state index is 0.181. The summed E-state index contributed by atoms with van der Waals surface area (Å²) in [5.74, 6) is 5.68. The van der Waals surface area contributed by atoms with Crippen LogP contribution >= 0.6 is 12.2 Å². The highest BCUT2D eigenvalue weighted by Crippen LogP contribution is 2.17. The Labute approximate surface area is 83.3 Å². The fraction of sp³-hybridized carbons (Fsp3) is 0.222. The van der Waals surface area contributed by atoms with Crippen molar-refractivity contribution in [2.24, 2.45) is 11.6 Å². The monoisotopic (exact) mass is 195 g/mol. The predicted octanol–water partition coefficient (Wildman–Crippen LogP) is 1.17. The molecule has 0 radical (unpaired) electrons. The third-order valence-corrected chi connectivity index (χ3v) is 2.07. The lowest BCUT2D eigenvalue weighted by Crippen LogP contribution is -2.41. The Balaban J connectivity index is 3.05. The van der Waals surface area contributed by atoms with E-state index in [1.807, 2.05) is 24.3 Å². The Morgan fingerprint density at radius 2 is 2.08 bits per heavy atom. The zero-order valence-electron chi connectivity index (χ0n) is 7.53. The highest BCUT2D eigenvalue weighted by molar-refractivity contribution is 7.80. The fourth-order valence-electron chi connectivity index (χ4n) is 1.16. The first-order chi connectivity index (χ1) is 6.16. The molecule has 0 unspecified atom stereocenters. The first kappa shape index (κ1) is 9.95. The molecule has 0 saturated carbocycles. The molecule has 13 heavy (non-hydrogen) atoms. The Morgan fingerprint density at radius 1 is 1.46 bits per heavy atom. The van der Waals surface area contributed by atoms with E-state index in [1.54, 1.807) is 0 Å². The largest absolute Gasteiger partial charge is 0.375 e. The Hall–Kier alpha value is -1.13. The number of rotatable bonds is 2. The molecule has 4 N–H and O–H groups in total. The molecule has 4 heteroatoms. The Morgan fingerprint density at radius 3 is 2.62 bits per heavy atom. The van der Waals surface area contributed by atoms with E-state index in [9.17, 15) is 0 Å². The maximum absolute atomic E-state index is 5.68. The molecule has 0 aliphatic heterocycles. The maximum atomic E-state index is 5.68. The van der Waals surface area contributed by atoms with Gasteiger partial charge in [-0.15, -0.1) is 0 Å². The molecule has 0 aliphatic carbocycles. The van der Waals surface area contributed by atoms with Crippen LogP contribution in [0.15, 0.2) is 24.3 Å². The van der Waals surface area contributed by atoms with Crippen molar-refractivity contribution in [3.63, 3.8) is 0 Å². The van der Waals surface area contributed by atoms with Crippen LogP contribution in [-0.4, -0.2) is 5.11 Å². The van der Waals surface area contributed by atoms with Gasteiger partial charge >= 0.3 is 0 Å². The van der Waals surface area contributed by atoms with Crippen molar-refractivity contribution in [3.8, 4) is 0 Å². The summed E-state index contributed by atoms with van der Waals surface area (Å²) < 4.78 is 0. The smallest absolute Gasteiger partial charge is 0.185 e. The Bertz CT molecular complexity index is 311. The van der Waals surface area contributed by atoms with Crippen LogP contribution in [0.4, 0.5) is 5.69 Å². The molecule has 0 spiro atoms. The normalized spacial score (nSPS) is 9.69. The van der Waals surface area contributed by atoms with Gasteiger partial charge in [-0.3, -0.25) is 5.01 Å². The van der Waals surface area contributed by atoms with Crippen molar-refractivity contribution in [1.29, 1.82) is 0 Å². The number of aryl methyl sites for hydroxylation is 1. The third-order valence-electron chi connectivity index (χ3n) is 1.87. The highest BCUT2D eigenvalue weighted by Gasteiger charge is 2.07. The van der Waals surface area contributed by atoms with Gasteiger partial charge in [0.25, 0.3) is 0 Å². The van der Waals surface area contributed by atoms with Crippen molar-refractivity contribution in [2.75, 3.05) is 5.01 Å². The van der Waals surface area contributed by atoms with Crippen LogP contribution in [0, 0.1) is 0 Å². The van der Waals surface area contributed by atoms with E-state index in [0.717, 1.165) is 17.7 Å². The van der Waals surface area contributed by atoms with Crippen molar-refractivity contribution >= 4 is 23.0 Å². The molecule has 0 aromatic heterocycles. The summed E-state index contributed by atoms with van der Waals surface area (Å²) in [4.78, 5) is 0. The lowest BCUT2D eigenvalue weighted by molar-refractivity contribution is 1.07. The average molecular weight is 195 g/mol. The topological polar surface area (TPSA) is 55.3 Å². The van der Waals surface area contributed by atoms with Gasteiger partial charge in [-0.25, -0.2) is 5.84 Å². The zero-order valence-corrected chi connectivity index (χ0v) is 8.34. The lowest BCUT2D eigenvalue weighted by atomic mass is 10.1. The van der Waals surface area contributed by atoms with Crippen LogP contribution in [-0.2, 0) is 6.42 Å². The van der Waals surface area contributed by atoms with Gasteiger partial charge in [0.15, 0.2) is 5.11 Å². The number of nitrogens with two attached hydrogens (primary N) is 2.